The van der Waals surface area contributed by atoms with Gasteiger partial charge in [0.05, 0.1) is 11.4 Å². The fourth-order valence-corrected chi connectivity index (χ4v) is 3.26. The minimum atomic E-state index is 1.07. The van der Waals surface area contributed by atoms with Gasteiger partial charge in [0.1, 0.15) is 11.0 Å². The number of nitrogens with zero attached hydrogens (tertiary/aromatic N) is 2. The van der Waals surface area contributed by atoms with Crippen LogP contribution in [-0.4, -0.2) is 9.97 Å². The predicted octanol–water partition coefficient (Wildman–Crippen LogP) is 4.74. The van der Waals surface area contributed by atoms with E-state index in [0.717, 1.165) is 23.1 Å². The van der Waals surface area contributed by atoms with Gasteiger partial charge in [-0.1, -0.05) is 26.2 Å². The third-order valence-electron chi connectivity index (χ3n) is 3.41. The highest BCUT2D eigenvalue weighted by Gasteiger charge is 2.11. The van der Waals surface area contributed by atoms with Gasteiger partial charge in [0, 0.05) is 9.75 Å². The van der Waals surface area contributed by atoms with Crippen molar-refractivity contribution in [3.8, 4) is 0 Å². The topological polar surface area (TPSA) is 25.8 Å². The Kier molecular flexibility index (Phi) is 4.33. The van der Waals surface area contributed by atoms with Crippen LogP contribution in [0.3, 0.4) is 0 Å². The lowest BCUT2D eigenvalue weighted by atomic mass is 10.1. The quantitative estimate of drug-likeness (QED) is 0.727. The second kappa shape index (κ2) is 5.79. The molecule has 2 heterocycles. The average Bonchev–Trinajstić information content (AvgIpc) is 2.60. The highest BCUT2D eigenvalue weighted by atomic mass is 32.1. The maximum atomic E-state index is 4.84. The molecule has 0 atom stereocenters. The zero-order valence-corrected chi connectivity index (χ0v) is 12.7. The van der Waals surface area contributed by atoms with Gasteiger partial charge >= 0.3 is 0 Å². The fourth-order valence-electron chi connectivity index (χ4n) is 2.33. The summed E-state index contributed by atoms with van der Waals surface area (Å²) in [4.78, 5) is 12.2. The molecule has 0 amide bonds. The number of unbranched alkanes of at least 4 members (excludes halogenated alkanes) is 3. The van der Waals surface area contributed by atoms with Gasteiger partial charge < -0.3 is 0 Å². The predicted molar refractivity (Wildman–Crippen MR) is 79.5 cm³/mol. The van der Waals surface area contributed by atoms with Crippen molar-refractivity contribution in [3.63, 3.8) is 0 Å². The number of hydrogen-bond acceptors (Lipinski definition) is 3. The third kappa shape index (κ3) is 2.72. The molecule has 0 spiro atoms. The number of rotatable bonds is 5. The van der Waals surface area contributed by atoms with E-state index in [1.165, 1.54) is 41.1 Å². The van der Waals surface area contributed by atoms with E-state index in [-0.39, 0.29) is 0 Å². The van der Waals surface area contributed by atoms with Gasteiger partial charge in [0.15, 0.2) is 0 Å². The van der Waals surface area contributed by atoms with Gasteiger partial charge in [0.2, 0.25) is 0 Å². The Morgan fingerprint density at radius 2 is 1.56 bits per heavy atom. The van der Waals surface area contributed by atoms with Gasteiger partial charge in [-0.05, 0) is 33.6 Å². The first-order valence-electron chi connectivity index (χ1n) is 6.86. The van der Waals surface area contributed by atoms with Crippen molar-refractivity contribution in [2.24, 2.45) is 0 Å². The van der Waals surface area contributed by atoms with Crippen molar-refractivity contribution < 1.29 is 0 Å². The Morgan fingerprint density at radius 3 is 2.22 bits per heavy atom. The van der Waals surface area contributed by atoms with E-state index in [1.54, 1.807) is 11.3 Å². The van der Waals surface area contributed by atoms with Gasteiger partial charge in [-0.15, -0.1) is 11.3 Å². The molecule has 0 aliphatic rings. The largest absolute Gasteiger partial charge is 0.248 e. The van der Waals surface area contributed by atoms with E-state index in [1.807, 2.05) is 0 Å². The maximum absolute atomic E-state index is 4.84. The lowest BCUT2D eigenvalue weighted by Crippen LogP contribution is -1.98. The Morgan fingerprint density at radius 1 is 0.889 bits per heavy atom. The summed E-state index contributed by atoms with van der Waals surface area (Å²) in [5.41, 5.74) is 4.53. The minimum absolute atomic E-state index is 1.07. The lowest BCUT2D eigenvalue weighted by Gasteiger charge is -2.05. The van der Waals surface area contributed by atoms with Crippen LogP contribution in [0.25, 0.3) is 11.0 Å². The van der Waals surface area contributed by atoms with E-state index in [0.29, 0.717) is 0 Å². The first-order valence-corrected chi connectivity index (χ1v) is 7.68. The van der Waals surface area contributed by atoms with Gasteiger partial charge in [-0.3, -0.25) is 0 Å². The van der Waals surface area contributed by atoms with Crippen molar-refractivity contribution in [1.82, 2.24) is 9.97 Å². The second-order valence-corrected chi connectivity index (χ2v) is 6.41. The highest BCUT2D eigenvalue weighted by molar-refractivity contribution is 7.13. The molecule has 0 unspecified atom stereocenters. The first-order chi connectivity index (χ1) is 8.63. The van der Waals surface area contributed by atoms with Crippen LogP contribution in [0.2, 0.25) is 0 Å². The third-order valence-corrected chi connectivity index (χ3v) is 4.41. The molecule has 0 saturated carbocycles. The van der Waals surface area contributed by atoms with Crippen LogP contribution in [0.4, 0.5) is 0 Å². The standard InChI is InChI=1S/C15H22N2S/c1-5-6-7-8-9-13-10(2)16-14-11(3)18-12(4)15(14)17-13/h5-9H2,1-4H3. The molecule has 0 aliphatic heterocycles. The molecule has 18 heavy (non-hydrogen) atoms. The molecule has 2 nitrogen and oxygen atoms in total. The van der Waals surface area contributed by atoms with Crippen molar-refractivity contribution in [3.05, 3.63) is 21.1 Å². The Balaban J connectivity index is 2.23. The maximum Gasteiger partial charge on any atom is 0.103 e. The van der Waals surface area contributed by atoms with Crippen LogP contribution in [0.5, 0.6) is 0 Å². The van der Waals surface area contributed by atoms with E-state index < -0.39 is 0 Å². The molecule has 2 aromatic heterocycles. The summed E-state index contributed by atoms with van der Waals surface area (Å²) < 4.78 is 0. The molecule has 0 bridgehead atoms. The van der Waals surface area contributed by atoms with Crippen molar-refractivity contribution in [2.75, 3.05) is 0 Å². The van der Waals surface area contributed by atoms with Crippen LogP contribution >= 0.6 is 11.3 Å². The molecule has 98 valence electrons. The van der Waals surface area contributed by atoms with Crippen LogP contribution in [0, 0.1) is 20.8 Å². The zero-order chi connectivity index (χ0) is 13.1. The van der Waals surface area contributed by atoms with E-state index >= 15 is 0 Å². The summed E-state index contributed by atoms with van der Waals surface area (Å²) >= 11 is 1.81. The monoisotopic (exact) mass is 262 g/mol. The summed E-state index contributed by atoms with van der Waals surface area (Å²) in [5, 5.41) is 0. The molecule has 0 N–H and O–H groups in total. The number of hydrogen-bond donors (Lipinski definition) is 0. The van der Waals surface area contributed by atoms with Crippen molar-refractivity contribution in [1.29, 1.82) is 0 Å². The van der Waals surface area contributed by atoms with Crippen LogP contribution in [-0.2, 0) is 6.42 Å². The van der Waals surface area contributed by atoms with Gasteiger partial charge in [-0.25, -0.2) is 9.97 Å². The summed E-state index contributed by atoms with van der Waals surface area (Å²) in [5.74, 6) is 0. The van der Waals surface area contributed by atoms with E-state index in [9.17, 15) is 0 Å². The van der Waals surface area contributed by atoms with Crippen molar-refractivity contribution >= 4 is 22.4 Å². The van der Waals surface area contributed by atoms with Gasteiger partial charge in [-0.2, -0.15) is 0 Å². The fraction of sp³-hybridized carbons (Fsp3) is 0.600. The summed E-state index contributed by atoms with van der Waals surface area (Å²) in [7, 11) is 0. The number of fused-ring (bicyclic) bond motifs is 1. The molecule has 0 radical (unpaired) electrons. The van der Waals surface area contributed by atoms with Crippen LogP contribution < -0.4 is 0 Å². The summed E-state index contributed by atoms with van der Waals surface area (Å²) in [6.45, 7) is 8.61. The lowest BCUT2D eigenvalue weighted by molar-refractivity contribution is 0.658. The first kappa shape index (κ1) is 13.5. The smallest absolute Gasteiger partial charge is 0.103 e. The average molecular weight is 262 g/mol. The molecule has 0 aliphatic carbocycles. The number of aromatic nitrogens is 2. The van der Waals surface area contributed by atoms with Crippen LogP contribution in [0.1, 0.15) is 53.7 Å². The normalized spacial score (nSPS) is 11.3. The second-order valence-electron chi connectivity index (χ2n) is 4.98. The highest BCUT2D eigenvalue weighted by Crippen LogP contribution is 2.28. The van der Waals surface area contributed by atoms with E-state index in [2.05, 4.69) is 27.7 Å². The Labute approximate surface area is 113 Å². The molecular weight excluding hydrogens is 240 g/mol. The summed E-state index contributed by atoms with van der Waals surface area (Å²) in [6, 6.07) is 0. The molecular formula is C15H22N2S. The summed E-state index contributed by atoms with van der Waals surface area (Å²) in [6.07, 6.45) is 6.22. The minimum Gasteiger partial charge on any atom is -0.248 e. The van der Waals surface area contributed by atoms with Gasteiger partial charge in [0.25, 0.3) is 0 Å². The Bertz CT molecular complexity index is 543. The van der Waals surface area contributed by atoms with Crippen molar-refractivity contribution in [2.45, 2.75) is 59.8 Å². The number of thiophene rings is 1. The molecule has 2 rings (SSSR count). The molecule has 2 aromatic rings. The molecule has 0 saturated heterocycles. The van der Waals surface area contributed by atoms with E-state index in [4.69, 9.17) is 9.97 Å². The molecule has 0 aromatic carbocycles. The Hall–Kier alpha value is -0.960. The molecule has 0 fully saturated rings. The number of aryl methyl sites for hydroxylation is 4. The SMILES string of the molecule is CCCCCCc1nc2c(C)sc(C)c2nc1C. The molecule has 3 heteroatoms. The zero-order valence-electron chi connectivity index (χ0n) is 11.8. The van der Waals surface area contributed by atoms with Crippen LogP contribution in [0.15, 0.2) is 0 Å².